The van der Waals surface area contributed by atoms with Crippen LogP contribution in [0.4, 0.5) is 0 Å². The SMILES string of the molecule is CCNC(C)(CCCSCc1ccccc1C)C(=O)OC. The van der Waals surface area contributed by atoms with Gasteiger partial charge in [-0.1, -0.05) is 31.2 Å². The Morgan fingerprint density at radius 1 is 1.38 bits per heavy atom. The fourth-order valence-electron chi connectivity index (χ4n) is 2.36. The number of carbonyl (C=O) groups is 1. The Hall–Kier alpha value is -1.00. The van der Waals surface area contributed by atoms with E-state index in [2.05, 4.69) is 36.5 Å². The molecule has 0 aromatic heterocycles. The van der Waals surface area contributed by atoms with Crippen LogP contribution in [-0.2, 0) is 15.3 Å². The van der Waals surface area contributed by atoms with E-state index in [0.717, 1.165) is 30.9 Å². The first-order valence-electron chi connectivity index (χ1n) is 7.49. The largest absolute Gasteiger partial charge is 0.468 e. The number of methoxy groups -OCH3 is 1. The van der Waals surface area contributed by atoms with E-state index in [1.165, 1.54) is 18.2 Å². The molecule has 1 atom stereocenters. The average molecular weight is 309 g/mol. The monoisotopic (exact) mass is 309 g/mol. The molecule has 0 aliphatic rings. The summed E-state index contributed by atoms with van der Waals surface area (Å²) in [6.07, 6.45) is 1.80. The summed E-state index contributed by atoms with van der Waals surface area (Å²) in [6.45, 7) is 6.85. The first kappa shape index (κ1) is 18.1. The average Bonchev–Trinajstić information content (AvgIpc) is 2.48. The fourth-order valence-corrected chi connectivity index (χ4v) is 3.40. The summed E-state index contributed by atoms with van der Waals surface area (Å²) in [5, 5.41) is 3.24. The van der Waals surface area contributed by atoms with Crippen LogP contribution in [0.25, 0.3) is 0 Å². The van der Waals surface area contributed by atoms with Crippen LogP contribution in [0.1, 0.15) is 37.8 Å². The van der Waals surface area contributed by atoms with Gasteiger partial charge in [-0.2, -0.15) is 11.8 Å². The fraction of sp³-hybridized carbons (Fsp3) is 0.588. The Kier molecular flexibility index (Phi) is 7.83. The second kappa shape index (κ2) is 9.11. The Morgan fingerprint density at radius 2 is 2.10 bits per heavy atom. The second-order valence-corrected chi connectivity index (χ2v) is 6.54. The number of nitrogens with one attached hydrogen (secondary N) is 1. The summed E-state index contributed by atoms with van der Waals surface area (Å²) in [5.41, 5.74) is 2.18. The van der Waals surface area contributed by atoms with Crippen LogP contribution < -0.4 is 5.32 Å². The maximum atomic E-state index is 11.9. The van der Waals surface area contributed by atoms with E-state index in [1.807, 2.05) is 25.6 Å². The zero-order valence-electron chi connectivity index (χ0n) is 13.6. The highest BCUT2D eigenvalue weighted by Gasteiger charge is 2.32. The molecule has 1 aromatic rings. The number of rotatable bonds is 9. The number of benzene rings is 1. The van der Waals surface area contributed by atoms with Crippen molar-refractivity contribution in [1.82, 2.24) is 5.32 Å². The van der Waals surface area contributed by atoms with Crippen molar-refractivity contribution in [2.24, 2.45) is 0 Å². The van der Waals surface area contributed by atoms with Gasteiger partial charge in [0.05, 0.1) is 7.11 Å². The van der Waals surface area contributed by atoms with E-state index in [9.17, 15) is 4.79 Å². The van der Waals surface area contributed by atoms with Crippen LogP contribution >= 0.6 is 11.8 Å². The molecular weight excluding hydrogens is 282 g/mol. The molecule has 1 aromatic carbocycles. The van der Waals surface area contributed by atoms with Gasteiger partial charge in [-0.3, -0.25) is 4.79 Å². The quantitative estimate of drug-likeness (QED) is 0.559. The summed E-state index contributed by atoms with van der Waals surface area (Å²) < 4.78 is 4.90. The van der Waals surface area contributed by atoms with Gasteiger partial charge >= 0.3 is 5.97 Å². The lowest BCUT2D eigenvalue weighted by Gasteiger charge is -2.27. The maximum absolute atomic E-state index is 11.9. The van der Waals surface area contributed by atoms with Gasteiger partial charge in [0.25, 0.3) is 0 Å². The molecule has 0 heterocycles. The summed E-state index contributed by atoms with van der Waals surface area (Å²) >= 11 is 1.92. The molecule has 1 N–H and O–H groups in total. The number of aryl methyl sites for hydroxylation is 1. The van der Waals surface area contributed by atoms with E-state index in [1.54, 1.807) is 0 Å². The van der Waals surface area contributed by atoms with Gasteiger partial charge in [0.1, 0.15) is 5.54 Å². The Morgan fingerprint density at radius 3 is 2.71 bits per heavy atom. The van der Waals surface area contributed by atoms with Gasteiger partial charge in [-0.05, 0) is 50.1 Å². The third-order valence-corrected chi connectivity index (χ3v) is 4.78. The molecule has 0 fully saturated rings. The molecule has 118 valence electrons. The van der Waals surface area contributed by atoms with Crippen LogP contribution in [0, 0.1) is 6.92 Å². The molecule has 21 heavy (non-hydrogen) atoms. The predicted molar refractivity (Wildman–Crippen MR) is 90.7 cm³/mol. The Balaban J connectivity index is 2.35. The van der Waals surface area contributed by atoms with Crippen molar-refractivity contribution in [2.45, 2.75) is 44.9 Å². The molecule has 0 spiro atoms. The number of carbonyl (C=O) groups excluding carboxylic acids is 1. The van der Waals surface area contributed by atoms with E-state index in [0.29, 0.717) is 0 Å². The molecular formula is C17H27NO2S. The topological polar surface area (TPSA) is 38.3 Å². The van der Waals surface area contributed by atoms with Crippen molar-refractivity contribution in [3.05, 3.63) is 35.4 Å². The molecule has 3 nitrogen and oxygen atoms in total. The van der Waals surface area contributed by atoms with Crippen molar-refractivity contribution < 1.29 is 9.53 Å². The Labute approximate surface area is 132 Å². The maximum Gasteiger partial charge on any atom is 0.325 e. The van der Waals surface area contributed by atoms with E-state index in [4.69, 9.17) is 4.74 Å². The predicted octanol–water partition coefficient (Wildman–Crippen LogP) is 3.55. The zero-order valence-corrected chi connectivity index (χ0v) is 14.4. The number of thioether (sulfide) groups is 1. The summed E-state index contributed by atoms with van der Waals surface area (Å²) in [6, 6.07) is 8.49. The van der Waals surface area contributed by atoms with Crippen molar-refractivity contribution in [3.63, 3.8) is 0 Å². The first-order valence-corrected chi connectivity index (χ1v) is 8.64. The molecule has 0 saturated carbocycles. The van der Waals surface area contributed by atoms with Gasteiger partial charge in [0.2, 0.25) is 0 Å². The van der Waals surface area contributed by atoms with Crippen molar-refractivity contribution in [3.8, 4) is 0 Å². The number of hydrogen-bond acceptors (Lipinski definition) is 4. The molecule has 0 bridgehead atoms. The van der Waals surface area contributed by atoms with Crippen LogP contribution in [-0.4, -0.2) is 30.9 Å². The molecule has 1 rings (SSSR count). The number of esters is 1. The Bertz CT molecular complexity index is 450. The molecule has 0 radical (unpaired) electrons. The minimum Gasteiger partial charge on any atom is -0.468 e. The van der Waals surface area contributed by atoms with Crippen LogP contribution in [0.2, 0.25) is 0 Å². The van der Waals surface area contributed by atoms with Crippen molar-refractivity contribution >= 4 is 17.7 Å². The summed E-state index contributed by atoms with van der Waals surface area (Å²) in [7, 11) is 1.45. The molecule has 0 saturated heterocycles. The molecule has 4 heteroatoms. The molecule has 1 unspecified atom stereocenters. The third kappa shape index (κ3) is 5.71. The number of hydrogen-bond donors (Lipinski definition) is 1. The van der Waals surface area contributed by atoms with Gasteiger partial charge in [-0.25, -0.2) is 0 Å². The summed E-state index contributed by atoms with van der Waals surface area (Å²) in [4.78, 5) is 11.9. The smallest absolute Gasteiger partial charge is 0.325 e. The normalized spacial score (nSPS) is 13.7. The third-order valence-electron chi connectivity index (χ3n) is 3.69. The second-order valence-electron chi connectivity index (χ2n) is 5.44. The highest BCUT2D eigenvalue weighted by atomic mass is 32.2. The molecule has 0 aliphatic carbocycles. The van der Waals surface area contributed by atoms with Gasteiger partial charge in [-0.15, -0.1) is 0 Å². The first-order chi connectivity index (χ1) is 10.0. The van der Waals surface area contributed by atoms with Gasteiger partial charge in [0, 0.05) is 5.75 Å². The highest BCUT2D eigenvalue weighted by Crippen LogP contribution is 2.20. The lowest BCUT2D eigenvalue weighted by atomic mass is 9.96. The lowest BCUT2D eigenvalue weighted by Crippen LogP contribution is -2.50. The van der Waals surface area contributed by atoms with Crippen molar-refractivity contribution in [2.75, 3.05) is 19.4 Å². The van der Waals surface area contributed by atoms with Crippen molar-refractivity contribution in [1.29, 1.82) is 0 Å². The summed E-state index contributed by atoms with van der Waals surface area (Å²) in [5.74, 6) is 1.91. The highest BCUT2D eigenvalue weighted by molar-refractivity contribution is 7.98. The minimum absolute atomic E-state index is 0.173. The molecule has 0 amide bonds. The van der Waals surface area contributed by atoms with Gasteiger partial charge in [0.15, 0.2) is 0 Å². The minimum atomic E-state index is -0.563. The van der Waals surface area contributed by atoms with Crippen LogP contribution in [0.5, 0.6) is 0 Å². The number of likely N-dealkylation sites (N-methyl/N-ethyl adjacent to an activating group) is 1. The van der Waals surface area contributed by atoms with Crippen LogP contribution in [0.3, 0.4) is 0 Å². The van der Waals surface area contributed by atoms with E-state index in [-0.39, 0.29) is 5.97 Å². The number of ether oxygens (including phenoxy) is 1. The molecule has 0 aliphatic heterocycles. The standard InChI is InChI=1S/C17H27NO2S/c1-5-18-17(3,16(19)20-4)11-8-12-21-13-15-10-7-6-9-14(15)2/h6-7,9-10,18H,5,8,11-13H2,1-4H3. The zero-order chi connectivity index (χ0) is 15.7. The van der Waals surface area contributed by atoms with E-state index < -0.39 is 5.54 Å². The van der Waals surface area contributed by atoms with E-state index >= 15 is 0 Å². The van der Waals surface area contributed by atoms with Gasteiger partial charge < -0.3 is 10.1 Å². The van der Waals surface area contributed by atoms with Crippen LogP contribution in [0.15, 0.2) is 24.3 Å². The lowest BCUT2D eigenvalue weighted by molar-refractivity contribution is -0.148.